The zero-order valence-electron chi connectivity index (χ0n) is 17.7. The van der Waals surface area contributed by atoms with Crippen LogP contribution in [0.5, 0.6) is 0 Å². The molecule has 0 aromatic carbocycles. The lowest BCUT2D eigenvalue weighted by Crippen LogP contribution is -2.65. The Morgan fingerprint density at radius 2 is 2.07 bits per heavy atom. The zero-order chi connectivity index (χ0) is 21.9. The first kappa shape index (κ1) is 22.2. The number of allylic oxidation sites excluding steroid dienone is 2. The van der Waals surface area contributed by atoms with Gasteiger partial charge in [-0.1, -0.05) is 25.5 Å². The van der Waals surface area contributed by atoms with Crippen LogP contribution in [0.15, 0.2) is 24.3 Å². The van der Waals surface area contributed by atoms with Crippen LogP contribution in [-0.2, 0) is 19.1 Å². The Morgan fingerprint density at radius 1 is 1.45 bits per heavy atom. The van der Waals surface area contributed by atoms with E-state index in [0.717, 1.165) is 5.57 Å². The largest absolute Gasteiger partial charge is 0.459 e. The monoisotopic (exact) mass is 408 g/mol. The third-order valence-corrected chi connectivity index (χ3v) is 7.81. The molecule has 3 aliphatic rings. The second-order valence-corrected chi connectivity index (χ2v) is 9.40. The molecular formula is C22H32O7. The summed E-state index contributed by atoms with van der Waals surface area (Å²) in [5.41, 5.74) is -2.66. The van der Waals surface area contributed by atoms with E-state index in [-0.39, 0.29) is 12.2 Å². The minimum atomic E-state index is -1.60. The van der Waals surface area contributed by atoms with Crippen LogP contribution in [0, 0.1) is 22.7 Å². The molecule has 9 atom stereocenters. The van der Waals surface area contributed by atoms with Crippen LogP contribution in [0.4, 0.5) is 0 Å². The van der Waals surface area contributed by atoms with Gasteiger partial charge in [0.2, 0.25) is 0 Å². The van der Waals surface area contributed by atoms with E-state index in [2.05, 4.69) is 6.58 Å². The van der Waals surface area contributed by atoms with Crippen LogP contribution in [0.2, 0.25) is 0 Å². The maximum atomic E-state index is 12.5. The third-order valence-electron chi connectivity index (χ3n) is 7.81. The number of aliphatic hydroxyl groups is 3. The van der Waals surface area contributed by atoms with Crippen molar-refractivity contribution in [3.8, 4) is 0 Å². The molecule has 1 saturated heterocycles. The summed E-state index contributed by atoms with van der Waals surface area (Å²) in [6, 6.07) is 0. The molecule has 9 unspecified atom stereocenters. The molecule has 29 heavy (non-hydrogen) atoms. The number of esters is 1. The van der Waals surface area contributed by atoms with Crippen molar-refractivity contribution in [2.24, 2.45) is 22.7 Å². The average molecular weight is 408 g/mol. The summed E-state index contributed by atoms with van der Waals surface area (Å²) in [5.74, 6) is -1.68. The average Bonchev–Trinajstić information content (AvgIpc) is 2.89. The molecule has 0 aromatic rings. The topological polar surface area (TPSA) is 113 Å². The Morgan fingerprint density at radius 3 is 2.62 bits per heavy atom. The molecule has 0 bridgehead atoms. The molecule has 1 saturated carbocycles. The van der Waals surface area contributed by atoms with E-state index >= 15 is 0 Å². The fourth-order valence-electron chi connectivity index (χ4n) is 5.95. The van der Waals surface area contributed by atoms with E-state index in [4.69, 9.17) is 9.47 Å². The van der Waals surface area contributed by atoms with E-state index in [1.165, 1.54) is 19.9 Å². The van der Waals surface area contributed by atoms with Crippen LogP contribution in [-0.4, -0.2) is 57.3 Å². The Kier molecular flexibility index (Phi) is 5.36. The molecule has 1 heterocycles. The smallest absolute Gasteiger partial charge is 0.303 e. The summed E-state index contributed by atoms with van der Waals surface area (Å²) in [6.45, 7) is 11.9. The van der Waals surface area contributed by atoms with Crippen LogP contribution >= 0.6 is 0 Å². The first-order chi connectivity index (χ1) is 13.3. The number of aliphatic hydroxyl groups excluding tert-OH is 2. The lowest BCUT2D eigenvalue weighted by Gasteiger charge is -2.60. The summed E-state index contributed by atoms with van der Waals surface area (Å²) in [4.78, 5) is 24.6. The first-order valence-electron chi connectivity index (χ1n) is 10.1. The molecule has 3 N–H and O–H groups in total. The molecule has 2 aliphatic carbocycles. The fraction of sp³-hybridized carbons (Fsp3) is 0.727. The molecule has 162 valence electrons. The van der Waals surface area contributed by atoms with Crippen LogP contribution in [0.3, 0.4) is 0 Å². The van der Waals surface area contributed by atoms with Gasteiger partial charge in [-0.3, -0.25) is 9.59 Å². The maximum absolute atomic E-state index is 12.5. The summed E-state index contributed by atoms with van der Waals surface area (Å²) in [6.07, 6.45) is -1.03. The molecule has 3 rings (SSSR count). The molecule has 1 spiro atoms. The lowest BCUT2D eigenvalue weighted by atomic mass is 9.44. The van der Waals surface area contributed by atoms with Crippen molar-refractivity contribution < 1.29 is 34.4 Å². The van der Waals surface area contributed by atoms with Gasteiger partial charge in [0.05, 0.1) is 11.5 Å². The lowest BCUT2D eigenvalue weighted by molar-refractivity contribution is -0.234. The molecule has 0 amide bonds. The molecule has 2 fully saturated rings. The number of hydrogen-bond acceptors (Lipinski definition) is 7. The van der Waals surface area contributed by atoms with Crippen LogP contribution in [0.1, 0.15) is 47.5 Å². The van der Waals surface area contributed by atoms with Gasteiger partial charge in [-0.2, -0.15) is 0 Å². The minimum absolute atomic E-state index is 0.0827. The second-order valence-electron chi connectivity index (χ2n) is 9.40. The number of rotatable bonds is 3. The molecule has 7 heteroatoms. The van der Waals surface area contributed by atoms with E-state index < -0.39 is 58.8 Å². The van der Waals surface area contributed by atoms with Gasteiger partial charge in [-0.25, -0.2) is 0 Å². The summed E-state index contributed by atoms with van der Waals surface area (Å²) in [7, 11) is 0. The Balaban J connectivity index is 2.26. The van der Waals surface area contributed by atoms with Crippen molar-refractivity contribution in [1.29, 1.82) is 0 Å². The summed E-state index contributed by atoms with van der Waals surface area (Å²) >= 11 is 0. The molecule has 1 aliphatic heterocycles. The molecule has 7 nitrogen and oxygen atoms in total. The highest BCUT2D eigenvalue weighted by atomic mass is 16.7. The predicted molar refractivity (Wildman–Crippen MR) is 104 cm³/mol. The number of ketones is 1. The molecule has 0 aromatic heterocycles. The van der Waals surface area contributed by atoms with Gasteiger partial charge in [-0.05, 0) is 43.6 Å². The number of hydrogen-bond donors (Lipinski definition) is 3. The quantitative estimate of drug-likeness (QED) is 0.479. The van der Waals surface area contributed by atoms with Crippen molar-refractivity contribution in [1.82, 2.24) is 0 Å². The van der Waals surface area contributed by atoms with E-state index in [9.17, 15) is 24.9 Å². The Bertz CT molecular complexity index is 756. The molecular weight excluding hydrogens is 376 g/mol. The predicted octanol–water partition coefficient (Wildman–Crippen LogP) is 1.50. The summed E-state index contributed by atoms with van der Waals surface area (Å²) in [5, 5.41) is 33.1. The molecule has 0 radical (unpaired) electrons. The van der Waals surface area contributed by atoms with Crippen LogP contribution < -0.4 is 0 Å². The highest BCUT2D eigenvalue weighted by molar-refractivity contribution is 5.92. The van der Waals surface area contributed by atoms with Gasteiger partial charge in [0.1, 0.15) is 17.8 Å². The second kappa shape index (κ2) is 7.01. The van der Waals surface area contributed by atoms with Gasteiger partial charge in [-0.15, -0.1) is 6.58 Å². The van der Waals surface area contributed by atoms with E-state index in [1.54, 1.807) is 13.0 Å². The fourth-order valence-corrected chi connectivity index (χ4v) is 5.95. The SMILES string of the molecule is C=CC(C)(O)C1OC(O)C2(C(C)C(O)CC3(C)C(C)=CC(=O)CC32)C1OC(C)=O. The van der Waals surface area contributed by atoms with Gasteiger partial charge >= 0.3 is 5.97 Å². The van der Waals surface area contributed by atoms with E-state index in [1.807, 2.05) is 13.8 Å². The third kappa shape index (κ3) is 3.02. The van der Waals surface area contributed by atoms with Gasteiger partial charge < -0.3 is 24.8 Å². The van der Waals surface area contributed by atoms with Crippen molar-refractivity contribution in [3.63, 3.8) is 0 Å². The normalized spacial score (nSPS) is 46.6. The standard InChI is InChI=1S/C22H32O7/c1-7-21(6,27)17-18(28-13(4)23)22(19(26)29-17)12(3)15(25)10-20(5)11(2)8-14(24)9-16(20)22/h7-8,12,15-19,25-27H,1,9-10H2,2-6H3. The highest BCUT2D eigenvalue weighted by Crippen LogP contribution is 2.66. The highest BCUT2D eigenvalue weighted by Gasteiger charge is 2.73. The maximum Gasteiger partial charge on any atom is 0.303 e. The number of carbonyl (C=O) groups excluding carboxylic acids is 2. The Labute approximate surface area is 171 Å². The number of carbonyl (C=O) groups is 2. The number of ether oxygens (including phenoxy) is 2. The van der Waals surface area contributed by atoms with Crippen molar-refractivity contribution in [2.75, 3.05) is 0 Å². The first-order valence-corrected chi connectivity index (χ1v) is 10.1. The van der Waals surface area contributed by atoms with Crippen molar-refractivity contribution >= 4 is 11.8 Å². The zero-order valence-corrected chi connectivity index (χ0v) is 17.7. The van der Waals surface area contributed by atoms with Gasteiger partial charge in [0, 0.05) is 13.3 Å². The van der Waals surface area contributed by atoms with Gasteiger partial charge in [0.15, 0.2) is 12.1 Å². The minimum Gasteiger partial charge on any atom is -0.459 e. The van der Waals surface area contributed by atoms with Crippen molar-refractivity contribution in [3.05, 3.63) is 24.3 Å². The van der Waals surface area contributed by atoms with E-state index in [0.29, 0.717) is 6.42 Å². The Hall–Kier alpha value is -1.54. The van der Waals surface area contributed by atoms with Crippen LogP contribution in [0.25, 0.3) is 0 Å². The van der Waals surface area contributed by atoms with Crippen molar-refractivity contribution in [2.45, 2.75) is 77.7 Å². The number of fused-ring (bicyclic) bond motifs is 2. The van der Waals surface area contributed by atoms with Gasteiger partial charge in [0.25, 0.3) is 0 Å². The summed E-state index contributed by atoms with van der Waals surface area (Å²) < 4.78 is 11.5.